The first kappa shape index (κ1) is 12.3. The summed E-state index contributed by atoms with van der Waals surface area (Å²) in [4.78, 5) is 12.7. The van der Waals surface area contributed by atoms with E-state index in [0.717, 1.165) is 26.2 Å². The van der Waals surface area contributed by atoms with E-state index in [1.54, 1.807) is 0 Å². The van der Waals surface area contributed by atoms with Crippen molar-refractivity contribution in [2.45, 2.75) is 0 Å². The number of hydrogen-bond acceptors (Lipinski definition) is 3. The van der Waals surface area contributed by atoms with E-state index in [0.29, 0.717) is 5.69 Å². The first-order chi connectivity index (χ1) is 8.11. The number of carbonyl (C=O) groups is 1. The number of hydrogen-bond donors (Lipinski definition) is 2. The van der Waals surface area contributed by atoms with Crippen LogP contribution in [-0.2, 0) is 0 Å². The second-order valence-corrected chi connectivity index (χ2v) is 4.60. The molecule has 2 N–H and O–H groups in total. The maximum absolute atomic E-state index is 14.0. The summed E-state index contributed by atoms with van der Waals surface area (Å²) in [6, 6.07) is 2.95. The minimum absolute atomic E-state index is 0.0148. The number of carboxylic acids is 1. The Kier molecular flexibility index (Phi) is 3.63. The largest absolute Gasteiger partial charge is 0.478 e. The van der Waals surface area contributed by atoms with Crippen molar-refractivity contribution < 1.29 is 14.3 Å². The molecule has 1 aromatic rings. The number of nitrogens with zero attached hydrogens (tertiary/aromatic N) is 1. The fraction of sp³-hybridized carbons (Fsp3) is 0.364. The van der Waals surface area contributed by atoms with Gasteiger partial charge >= 0.3 is 5.97 Å². The summed E-state index contributed by atoms with van der Waals surface area (Å²) in [6.07, 6.45) is 0. The van der Waals surface area contributed by atoms with E-state index in [-0.39, 0.29) is 10.0 Å². The summed E-state index contributed by atoms with van der Waals surface area (Å²) in [5.41, 5.74) is 0.393. The van der Waals surface area contributed by atoms with Gasteiger partial charge in [0.1, 0.15) is 0 Å². The van der Waals surface area contributed by atoms with Gasteiger partial charge in [-0.05, 0) is 28.1 Å². The van der Waals surface area contributed by atoms with Crippen LogP contribution in [0.3, 0.4) is 0 Å². The van der Waals surface area contributed by atoms with Gasteiger partial charge in [0.05, 0.1) is 15.7 Å². The zero-order valence-corrected chi connectivity index (χ0v) is 10.6. The summed E-state index contributed by atoms with van der Waals surface area (Å²) >= 11 is 3.00. The molecule has 0 bridgehead atoms. The van der Waals surface area contributed by atoms with Crippen molar-refractivity contribution in [2.24, 2.45) is 0 Å². The minimum Gasteiger partial charge on any atom is -0.478 e. The van der Waals surface area contributed by atoms with Crippen molar-refractivity contribution in [3.05, 3.63) is 28.0 Å². The van der Waals surface area contributed by atoms with Gasteiger partial charge in [0.2, 0.25) is 0 Å². The Balaban J connectivity index is 2.36. The predicted octanol–water partition coefficient (Wildman–Crippen LogP) is 1.70. The number of halogens is 2. The van der Waals surface area contributed by atoms with Gasteiger partial charge < -0.3 is 15.3 Å². The summed E-state index contributed by atoms with van der Waals surface area (Å²) in [5.74, 6) is -1.64. The lowest BCUT2D eigenvalue weighted by Gasteiger charge is -2.30. The molecule has 1 aromatic carbocycles. The van der Waals surface area contributed by atoms with Gasteiger partial charge in [0, 0.05) is 26.2 Å². The topological polar surface area (TPSA) is 52.6 Å². The highest BCUT2D eigenvalue weighted by atomic mass is 79.9. The summed E-state index contributed by atoms with van der Waals surface area (Å²) < 4.78 is 14.0. The molecule has 1 saturated heterocycles. The average Bonchev–Trinajstić information content (AvgIpc) is 2.33. The van der Waals surface area contributed by atoms with E-state index < -0.39 is 11.8 Å². The molecule has 0 aliphatic carbocycles. The van der Waals surface area contributed by atoms with Gasteiger partial charge in [-0.1, -0.05) is 0 Å². The third-order valence-electron chi connectivity index (χ3n) is 2.75. The van der Waals surface area contributed by atoms with Crippen LogP contribution >= 0.6 is 15.9 Å². The van der Waals surface area contributed by atoms with Crippen LogP contribution in [0.5, 0.6) is 0 Å². The Morgan fingerprint density at radius 1 is 1.41 bits per heavy atom. The van der Waals surface area contributed by atoms with Crippen molar-refractivity contribution in [1.29, 1.82) is 0 Å². The Labute approximate surface area is 107 Å². The van der Waals surface area contributed by atoms with Gasteiger partial charge in [0.25, 0.3) is 0 Å². The normalized spacial score (nSPS) is 16.0. The van der Waals surface area contributed by atoms with Crippen LogP contribution in [0, 0.1) is 5.82 Å². The number of piperazine rings is 1. The molecule has 92 valence electrons. The second-order valence-electron chi connectivity index (χ2n) is 3.80. The van der Waals surface area contributed by atoms with Crippen LogP contribution in [0.15, 0.2) is 16.6 Å². The lowest BCUT2D eigenvalue weighted by atomic mass is 10.1. The number of nitrogens with one attached hydrogen (secondary N) is 1. The summed E-state index contributed by atoms with van der Waals surface area (Å²) in [6.45, 7) is 3.04. The van der Waals surface area contributed by atoms with E-state index >= 15 is 0 Å². The first-order valence-corrected chi connectivity index (χ1v) is 6.07. The van der Waals surface area contributed by atoms with Crippen LogP contribution < -0.4 is 10.2 Å². The molecule has 0 atom stereocenters. The minimum atomic E-state index is -1.14. The average molecular weight is 303 g/mol. The van der Waals surface area contributed by atoms with E-state index in [1.165, 1.54) is 12.1 Å². The van der Waals surface area contributed by atoms with Gasteiger partial charge in [-0.25, -0.2) is 9.18 Å². The molecule has 0 radical (unpaired) electrons. The van der Waals surface area contributed by atoms with Crippen molar-refractivity contribution in [1.82, 2.24) is 5.32 Å². The lowest BCUT2D eigenvalue weighted by molar-refractivity contribution is 0.0695. The monoisotopic (exact) mass is 302 g/mol. The molecule has 6 heteroatoms. The Bertz CT molecular complexity index is 447. The quantitative estimate of drug-likeness (QED) is 0.873. The van der Waals surface area contributed by atoms with Crippen LogP contribution in [0.4, 0.5) is 10.1 Å². The molecule has 2 rings (SSSR count). The maximum atomic E-state index is 14.0. The number of carboxylic acid groups (broad SMARTS) is 1. The predicted molar refractivity (Wildman–Crippen MR) is 66.1 cm³/mol. The third kappa shape index (κ3) is 2.42. The van der Waals surface area contributed by atoms with E-state index in [1.807, 2.05) is 4.90 Å². The fourth-order valence-electron chi connectivity index (χ4n) is 1.85. The molecular weight excluding hydrogens is 291 g/mol. The SMILES string of the molecule is O=C(O)c1ccc(N2CCNCC2)c(F)c1Br. The Morgan fingerprint density at radius 3 is 2.65 bits per heavy atom. The zero-order chi connectivity index (χ0) is 12.4. The second kappa shape index (κ2) is 5.01. The number of benzene rings is 1. The standard InChI is InChI=1S/C11H12BrFN2O2/c12-9-7(11(16)17)1-2-8(10(9)13)15-5-3-14-4-6-15/h1-2,14H,3-6H2,(H,16,17). The summed E-state index contributed by atoms with van der Waals surface area (Å²) in [5, 5.41) is 12.0. The van der Waals surface area contributed by atoms with Gasteiger partial charge in [-0.3, -0.25) is 0 Å². The lowest BCUT2D eigenvalue weighted by Crippen LogP contribution is -2.43. The summed E-state index contributed by atoms with van der Waals surface area (Å²) in [7, 11) is 0. The number of rotatable bonds is 2. The number of aromatic carboxylic acids is 1. The van der Waals surface area contributed by atoms with E-state index in [2.05, 4.69) is 21.2 Å². The Hall–Kier alpha value is -1.14. The van der Waals surface area contributed by atoms with Gasteiger partial charge in [-0.2, -0.15) is 0 Å². The van der Waals surface area contributed by atoms with Crippen LogP contribution in [-0.4, -0.2) is 37.3 Å². The molecule has 0 aromatic heterocycles. The molecular formula is C11H12BrFN2O2. The smallest absolute Gasteiger partial charge is 0.336 e. The Morgan fingerprint density at radius 2 is 2.06 bits per heavy atom. The van der Waals surface area contributed by atoms with Crippen LogP contribution in [0.25, 0.3) is 0 Å². The molecule has 4 nitrogen and oxygen atoms in total. The van der Waals surface area contributed by atoms with Crippen LogP contribution in [0.2, 0.25) is 0 Å². The highest BCUT2D eigenvalue weighted by molar-refractivity contribution is 9.10. The van der Waals surface area contributed by atoms with Gasteiger partial charge in [-0.15, -0.1) is 0 Å². The molecule has 1 fully saturated rings. The molecule has 0 spiro atoms. The molecule has 0 amide bonds. The fourth-order valence-corrected chi connectivity index (χ4v) is 2.36. The molecule has 1 aliphatic rings. The molecule has 1 aliphatic heterocycles. The highest BCUT2D eigenvalue weighted by Gasteiger charge is 2.20. The van der Waals surface area contributed by atoms with Crippen molar-refractivity contribution in [2.75, 3.05) is 31.1 Å². The highest BCUT2D eigenvalue weighted by Crippen LogP contribution is 2.29. The molecule has 0 unspecified atom stereocenters. The van der Waals surface area contributed by atoms with E-state index in [4.69, 9.17) is 5.11 Å². The van der Waals surface area contributed by atoms with Gasteiger partial charge in [0.15, 0.2) is 5.82 Å². The first-order valence-electron chi connectivity index (χ1n) is 5.28. The molecule has 0 saturated carbocycles. The maximum Gasteiger partial charge on any atom is 0.336 e. The zero-order valence-electron chi connectivity index (χ0n) is 9.04. The number of anilines is 1. The van der Waals surface area contributed by atoms with Crippen molar-refractivity contribution in [3.63, 3.8) is 0 Å². The molecule has 17 heavy (non-hydrogen) atoms. The third-order valence-corrected chi connectivity index (χ3v) is 3.53. The molecule has 1 heterocycles. The van der Waals surface area contributed by atoms with Crippen molar-refractivity contribution in [3.8, 4) is 0 Å². The van der Waals surface area contributed by atoms with E-state index in [9.17, 15) is 9.18 Å². The van der Waals surface area contributed by atoms with Crippen molar-refractivity contribution >= 4 is 27.6 Å². The van der Waals surface area contributed by atoms with Crippen LogP contribution in [0.1, 0.15) is 10.4 Å².